The molecule has 0 radical (unpaired) electrons. The number of amides is 3. The van der Waals surface area contributed by atoms with Crippen molar-refractivity contribution < 1.29 is 14.3 Å². The molecule has 2 heterocycles. The number of ether oxygens (including phenoxy) is 1. The maximum Gasteiger partial charge on any atom is 0.319 e. The van der Waals surface area contributed by atoms with Gasteiger partial charge in [0.15, 0.2) is 0 Å². The third kappa shape index (κ3) is 2.96. The minimum atomic E-state index is -0.682. The summed E-state index contributed by atoms with van der Waals surface area (Å²) >= 11 is 0. The van der Waals surface area contributed by atoms with E-state index in [1.165, 1.54) is 13.2 Å². The number of carbonyl (C=O) groups is 2. The SMILES string of the molecule is CNC(=O)Nc1cnc2c(c1)c(C(N)=O)c(N)n2-c1c(C)ccc(OC)c1C. The smallest absolute Gasteiger partial charge is 0.319 e. The summed E-state index contributed by atoms with van der Waals surface area (Å²) in [6.45, 7) is 3.83. The highest BCUT2D eigenvalue weighted by molar-refractivity contribution is 6.11. The van der Waals surface area contributed by atoms with Crippen LogP contribution < -0.4 is 26.8 Å². The molecular formula is C19H22N6O3. The molecule has 3 rings (SSSR count). The molecule has 3 amide bonds. The fourth-order valence-corrected chi connectivity index (χ4v) is 3.31. The third-order valence-electron chi connectivity index (χ3n) is 4.60. The molecule has 9 heteroatoms. The Bertz CT molecular complexity index is 1100. The molecule has 146 valence electrons. The number of nitrogens with zero attached hydrogens (tertiary/aromatic N) is 2. The second kappa shape index (κ2) is 7.10. The molecule has 0 bridgehead atoms. The Hall–Kier alpha value is -3.75. The van der Waals surface area contributed by atoms with Crippen molar-refractivity contribution in [2.24, 2.45) is 5.73 Å². The van der Waals surface area contributed by atoms with Crippen LogP contribution in [-0.4, -0.2) is 35.6 Å². The van der Waals surface area contributed by atoms with Gasteiger partial charge in [0.05, 0.1) is 30.2 Å². The van der Waals surface area contributed by atoms with Crippen LogP contribution in [0.2, 0.25) is 0 Å². The molecular weight excluding hydrogens is 360 g/mol. The van der Waals surface area contributed by atoms with E-state index in [-0.39, 0.29) is 11.4 Å². The van der Waals surface area contributed by atoms with Crippen LogP contribution in [-0.2, 0) is 0 Å². The van der Waals surface area contributed by atoms with Crippen LogP contribution in [0.4, 0.5) is 16.3 Å². The Morgan fingerprint density at radius 2 is 1.96 bits per heavy atom. The van der Waals surface area contributed by atoms with Gasteiger partial charge in [0.1, 0.15) is 17.2 Å². The van der Waals surface area contributed by atoms with E-state index in [0.717, 1.165) is 16.8 Å². The number of hydrogen-bond donors (Lipinski definition) is 4. The van der Waals surface area contributed by atoms with Gasteiger partial charge in [-0.3, -0.25) is 9.36 Å². The number of benzene rings is 1. The molecule has 2 aromatic heterocycles. The Kier molecular flexibility index (Phi) is 4.83. The fourth-order valence-electron chi connectivity index (χ4n) is 3.31. The Balaban J connectivity index is 2.35. The number of anilines is 2. The zero-order chi connectivity index (χ0) is 20.6. The van der Waals surface area contributed by atoms with Gasteiger partial charge in [0.25, 0.3) is 5.91 Å². The van der Waals surface area contributed by atoms with Gasteiger partial charge in [0, 0.05) is 18.0 Å². The third-order valence-corrected chi connectivity index (χ3v) is 4.60. The van der Waals surface area contributed by atoms with Gasteiger partial charge in [0.2, 0.25) is 0 Å². The molecule has 28 heavy (non-hydrogen) atoms. The number of rotatable bonds is 4. The van der Waals surface area contributed by atoms with Crippen molar-refractivity contribution in [2.75, 3.05) is 25.2 Å². The lowest BCUT2D eigenvalue weighted by molar-refractivity contribution is 0.100. The summed E-state index contributed by atoms with van der Waals surface area (Å²) in [5.74, 6) is 0.172. The number of nitrogens with two attached hydrogens (primary N) is 2. The molecule has 3 aromatic rings. The zero-order valence-corrected chi connectivity index (χ0v) is 16.1. The molecule has 0 aliphatic carbocycles. The lowest BCUT2D eigenvalue weighted by Crippen LogP contribution is -2.24. The van der Waals surface area contributed by atoms with Gasteiger partial charge in [-0.2, -0.15) is 0 Å². The monoisotopic (exact) mass is 382 g/mol. The lowest BCUT2D eigenvalue weighted by Gasteiger charge is -2.16. The minimum Gasteiger partial charge on any atom is -0.496 e. The molecule has 6 N–H and O–H groups in total. The van der Waals surface area contributed by atoms with E-state index in [9.17, 15) is 9.59 Å². The van der Waals surface area contributed by atoms with E-state index < -0.39 is 11.9 Å². The van der Waals surface area contributed by atoms with Crippen molar-refractivity contribution in [3.63, 3.8) is 0 Å². The Morgan fingerprint density at radius 3 is 2.57 bits per heavy atom. The van der Waals surface area contributed by atoms with Crippen molar-refractivity contribution in [3.05, 3.63) is 41.1 Å². The number of carbonyl (C=O) groups excluding carboxylic acids is 2. The van der Waals surface area contributed by atoms with Crippen LogP contribution in [0.5, 0.6) is 5.75 Å². The van der Waals surface area contributed by atoms with E-state index >= 15 is 0 Å². The van der Waals surface area contributed by atoms with Gasteiger partial charge >= 0.3 is 6.03 Å². The molecule has 0 saturated heterocycles. The second-order valence-electron chi connectivity index (χ2n) is 6.32. The summed E-state index contributed by atoms with van der Waals surface area (Å²) in [4.78, 5) is 28.2. The highest BCUT2D eigenvalue weighted by atomic mass is 16.5. The molecule has 1 aromatic carbocycles. The van der Waals surface area contributed by atoms with Crippen molar-refractivity contribution in [1.29, 1.82) is 0 Å². The fraction of sp³-hybridized carbons (Fsp3) is 0.211. The second-order valence-corrected chi connectivity index (χ2v) is 6.32. The summed E-state index contributed by atoms with van der Waals surface area (Å²) in [7, 11) is 3.08. The van der Waals surface area contributed by atoms with E-state index in [4.69, 9.17) is 16.2 Å². The van der Waals surface area contributed by atoms with E-state index in [0.29, 0.717) is 22.5 Å². The van der Waals surface area contributed by atoms with Crippen molar-refractivity contribution in [2.45, 2.75) is 13.8 Å². The summed E-state index contributed by atoms with van der Waals surface area (Å²) in [5, 5.41) is 5.53. The number of hydrogen-bond acceptors (Lipinski definition) is 5. The predicted molar refractivity (Wildman–Crippen MR) is 108 cm³/mol. The van der Waals surface area contributed by atoms with Crippen LogP contribution in [0.15, 0.2) is 24.4 Å². The maximum atomic E-state index is 12.1. The average molecular weight is 382 g/mol. The molecule has 0 saturated carbocycles. The summed E-state index contributed by atoms with van der Waals surface area (Å²) in [6.07, 6.45) is 1.49. The van der Waals surface area contributed by atoms with Crippen molar-refractivity contribution in [3.8, 4) is 11.4 Å². The highest BCUT2D eigenvalue weighted by Crippen LogP contribution is 2.36. The van der Waals surface area contributed by atoms with Gasteiger partial charge < -0.3 is 26.8 Å². The number of urea groups is 1. The standard InChI is InChI=1S/C19H22N6O3/c1-9-5-6-13(28-4)10(2)15(9)25-16(20)14(17(21)26)12-7-11(8-23-18(12)25)24-19(27)22-3/h5-8H,20H2,1-4H3,(H2,21,26)(H2,22,24,27). The summed E-state index contributed by atoms with van der Waals surface area (Å²) in [5.41, 5.74) is 15.5. The number of aromatic nitrogens is 2. The first-order chi connectivity index (χ1) is 13.3. The number of fused-ring (bicyclic) bond motifs is 1. The first-order valence-corrected chi connectivity index (χ1v) is 8.53. The van der Waals surface area contributed by atoms with Gasteiger partial charge in [-0.1, -0.05) is 6.07 Å². The molecule has 0 unspecified atom stereocenters. The highest BCUT2D eigenvalue weighted by Gasteiger charge is 2.24. The number of aryl methyl sites for hydroxylation is 1. The van der Waals surface area contributed by atoms with Crippen molar-refractivity contribution >= 4 is 34.5 Å². The van der Waals surface area contributed by atoms with Crippen LogP contribution in [0.1, 0.15) is 21.5 Å². The Morgan fingerprint density at radius 1 is 1.25 bits per heavy atom. The minimum absolute atomic E-state index is 0.143. The quantitative estimate of drug-likeness (QED) is 0.547. The van der Waals surface area contributed by atoms with Crippen LogP contribution in [0, 0.1) is 13.8 Å². The van der Waals surface area contributed by atoms with Gasteiger partial charge in [-0.15, -0.1) is 0 Å². The molecule has 0 aliphatic rings. The van der Waals surface area contributed by atoms with Crippen LogP contribution >= 0.6 is 0 Å². The number of primary amides is 1. The number of nitrogens with one attached hydrogen (secondary N) is 2. The molecule has 0 aliphatic heterocycles. The van der Waals surface area contributed by atoms with E-state index in [1.54, 1.807) is 17.7 Å². The summed E-state index contributed by atoms with van der Waals surface area (Å²) < 4.78 is 7.11. The molecule has 0 fully saturated rings. The summed E-state index contributed by atoms with van der Waals surface area (Å²) in [6, 6.07) is 4.98. The molecule has 9 nitrogen and oxygen atoms in total. The number of pyridine rings is 1. The average Bonchev–Trinajstić information content (AvgIpc) is 2.93. The topological polar surface area (TPSA) is 137 Å². The Labute approximate surface area is 161 Å². The first-order valence-electron chi connectivity index (χ1n) is 8.53. The molecule has 0 atom stereocenters. The van der Waals surface area contributed by atoms with Gasteiger partial charge in [-0.25, -0.2) is 9.78 Å². The van der Waals surface area contributed by atoms with Crippen LogP contribution in [0.25, 0.3) is 16.7 Å². The molecule has 0 spiro atoms. The number of methoxy groups -OCH3 is 1. The van der Waals surface area contributed by atoms with Crippen LogP contribution in [0.3, 0.4) is 0 Å². The zero-order valence-electron chi connectivity index (χ0n) is 16.1. The van der Waals surface area contributed by atoms with Crippen molar-refractivity contribution in [1.82, 2.24) is 14.9 Å². The normalized spacial score (nSPS) is 10.7. The van der Waals surface area contributed by atoms with E-state index in [1.807, 2.05) is 26.0 Å². The predicted octanol–water partition coefficient (Wildman–Crippen LogP) is 2.08. The first kappa shape index (κ1) is 19.0. The maximum absolute atomic E-state index is 12.1. The number of nitrogen functional groups attached to an aromatic ring is 1. The van der Waals surface area contributed by atoms with Gasteiger partial charge in [-0.05, 0) is 31.5 Å². The largest absolute Gasteiger partial charge is 0.496 e. The van der Waals surface area contributed by atoms with E-state index in [2.05, 4.69) is 15.6 Å². The lowest BCUT2D eigenvalue weighted by atomic mass is 10.1.